The van der Waals surface area contributed by atoms with Crippen molar-refractivity contribution in [1.82, 2.24) is 5.32 Å². The van der Waals surface area contributed by atoms with Gasteiger partial charge in [0.25, 0.3) is 0 Å². The van der Waals surface area contributed by atoms with Crippen LogP contribution in [0, 0.1) is 17.5 Å². The number of benzene rings is 1. The van der Waals surface area contributed by atoms with Crippen molar-refractivity contribution in [3.8, 4) is 0 Å². The summed E-state index contributed by atoms with van der Waals surface area (Å²) < 4.78 is 44.9. The Morgan fingerprint density at radius 2 is 1.87 bits per heavy atom. The van der Waals surface area contributed by atoms with Gasteiger partial charge in [0.1, 0.15) is 5.82 Å². The van der Waals surface area contributed by atoms with Gasteiger partial charge in [-0.25, -0.2) is 13.2 Å². The summed E-state index contributed by atoms with van der Waals surface area (Å²) in [6, 6.07) is 0.584. The molecule has 1 aromatic rings. The fourth-order valence-corrected chi connectivity index (χ4v) is 2.65. The van der Waals surface area contributed by atoms with Crippen molar-refractivity contribution in [2.24, 2.45) is 5.73 Å². The lowest BCUT2D eigenvalue weighted by Gasteiger charge is -2.34. The number of hydrogen-bond donors (Lipinski definition) is 2. The zero-order chi connectivity index (χ0) is 17.0. The molecule has 1 unspecified atom stereocenters. The highest BCUT2D eigenvalue weighted by Crippen LogP contribution is 2.20. The van der Waals surface area contributed by atoms with Crippen LogP contribution in [0.15, 0.2) is 12.1 Å². The van der Waals surface area contributed by atoms with Crippen molar-refractivity contribution in [3.63, 3.8) is 0 Å². The molecule has 7 heteroatoms. The van der Waals surface area contributed by atoms with Gasteiger partial charge in [0.15, 0.2) is 11.6 Å². The normalized spacial score (nSPS) is 18.5. The number of carbonyl (C=O) groups excluding carboxylic acids is 1. The van der Waals surface area contributed by atoms with Crippen LogP contribution in [-0.4, -0.2) is 30.7 Å². The van der Waals surface area contributed by atoms with E-state index in [9.17, 15) is 18.0 Å². The minimum Gasteiger partial charge on any atom is -0.381 e. The quantitative estimate of drug-likeness (QED) is 0.812. The maximum absolute atomic E-state index is 13.6. The number of rotatable bonds is 5. The molecule has 1 heterocycles. The lowest BCUT2D eigenvalue weighted by molar-refractivity contribution is -0.124. The summed E-state index contributed by atoms with van der Waals surface area (Å²) in [5, 5.41) is 2.92. The number of hydrogen-bond acceptors (Lipinski definition) is 3. The Hall–Kier alpha value is -1.60. The Labute approximate surface area is 133 Å². The molecule has 1 saturated heterocycles. The van der Waals surface area contributed by atoms with E-state index in [0.29, 0.717) is 32.1 Å². The largest absolute Gasteiger partial charge is 0.381 e. The number of amides is 1. The van der Waals surface area contributed by atoms with Crippen LogP contribution in [0.4, 0.5) is 13.2 Å². The van der Waals surface area contributed by atoms with Gasteiger partial charge in [0, 0.05) is 37.3 Å². The zero-order valence-electron chi connectivity index (χ0n) is 13.0. The number of carbonyl (C=O) groups is 1. The van der Waals surface area contributed by atoms with Crippen molar-refractivity contribution >= 4 is 5.91 Å². The number of nitrogens with one attached hydrogen (secondary N) is 1. The van der Waals surface area contributed by atoms with E-state index in [1.807, 2.05) is 6.92 Å². The van der Waals surface area contributed by atoms with Gasteiger partial charge >= 0.3 is 0 Å². The van der Waals surface area contributed by atoms with Gasteiger partial charge in [-0.1, -0.05) is 0 Å². The molecule has 0 bridgehead atoms. The Kier molecular flexibility index (Phi) is 5.64. The third kappa shape index (κ3) is 4.94. The lowest BCUT2D eigenvalue weighted by atomic mass is 9.92. The van der Waals surface area contributed by atoms with Crippen LogP contribution < -0.4 is 11.1 Å². The molecule has 1 aliphatic rings. The minimum absolute atomic E-state index is 0.0190. The minimum atomic E-state index is -1.25. The van der Waals surface area contributed by atoms with E-state index >= 15 is 0 Å². The highest BCUT2D eigenvalue weighted by Gasteiger charge is 2.29. The molecule has 2 rings (SSSR count). The summed E-state index contributed by atoms with van der Waals surface area (Å²) in [4.78, 5) is 12.1. The van der Waals surface area contributed by atoms with Crippen molar-refractivity contribution in [2.75, 3.05) is 13.2 Å². The summed E-state index contributed by atoms with van der Waals surface area (Å²) in [6.07, 6.45) is 1.36. The van der Waals surface area contributed by atoms with E-state index in [2.05, 4.69) is 5.32 Å². The molecule has 4 nitrogen and oxygen atoms in total. The Balaban J connectivity index is 1.90. The highest BCUT2D eigenvalue weighted by atomic mass is 19.2. The molecule has 0 aromatic heterocycles. The van der Waals surface area contributed by atoms with Crippen molar-refractivity contribution in [3.05, 3.63) is 35.1 Å². The first-order valence-electron chi connectivity index (χ1n) is 7.57. The molecule has 128 valence electrons. The van der Waals surface area contributed by atoms with Gasteiger partial charge in [0.05, 0.1) is 0 Å². The van der Waals surface area contributed by atoms with Gasteiger partial charge in [-0.2, -0.15) is 0 Å². The van der Waals surface area contributed by atoms with Gasteiger partial charge in [-0.3, -0.25) is 4.79 Å². The fourth-order valence-electron chi connectivity index (χ4n) is 2.65. The Morgan fingerprint density at radius 3 is 2.52 bits per heavy atom. The Bertz CT molecular complexity index is 575. The van der Waals surface area contributed by atoms with Gasteiger partial charge < -0.3 is 15.8 Å². The summed E-state index contributed by atoms with van der Waals surface area (Å²) in [5.74, 6) is -3.49. The molecular weight excluding hydrogens is 309 g/mol. The summed E-state index contributed by atoms with van der Waals surface area (Å²) >= 11 is 0. The summed E-state index contributed by atoms with van der Waals surface area (Å²) in [6.45, 7) is 3.11. The maximum atomic E-state index is 13.6. The average molecular weight is 330 g/mol. The summed E-state index contributed by atoms with van der Waals surface area (Å²) in [5.41, 5.74) is 5.47. The fraction of sp³-hybridized carbons (Fsp3) is 0.562. The molecule has 1 fully saturated rings. The molecule has 0 radical (unpaired) electrons. The van der Waals surface area contributed by atoms with Crippen LogP contribution >= 0.6 is 0 Å². The molecule has 1 aliphatic heterocycles. The van der Waals surface area contributed by atoms with Crippen molar-refractivity contribution in [2.45, 2.75) is 44.2 Å². The smallest absolute Gasteiger partial charge is 0.221 e. The van der Waals surface area contributed by atoms with Crippen molar-refractivity contribution < 1.29 is 22.7 Å². The first-order chi connectivity index (χ1) is 10.8. The monoisotopic (exact) mass is 330 g/mol. The highest BCUT2D eigenvalue weighted by molar-refractivity contribution is 5.77. The van der Waals surface area contributed by atoms with Crippen molar-refractivity contribution in [1.29, 1.82) is 0 Å². The summed E-state index contributed by atoms with van der Waals surface area (Å²) in [7, 11) is 0. The second-order valence-electron chi connectivity index (χ2n) is 6.25. The molecule has 3 N–H and O–H groups in total. The van der Waals surface area contributed by atoms with Crippen LogP contribution in [0.25, 0.3) is 0 Å². The molecule has 0 spiro atoms. The lowest BCUT2D eigenvalue weighted by Crippen LogP contribution is -2.50. The van der Waals surface area contributed by atoms with E-state index in [1.165, 1.54) is 0 Å². The first kappa shape index (κ1) is 17.7. The van der Waals surface area contributed by atoms with E-state index < -0.39 is 23.5 Å². The first-order valence-corrected chi connectivity index (χ1v) is 7.57. The predicted octanol–water partition coefficient (Wildman–Crippen LogP) is 2.05. The van der Waals surface area contributed by atoms with Gasteiger partial charge in [0.2, 0.25) is 5.91 Å². The van der Waals surface area contributed by atoms with E-state index in [4.69, 9.17) is 10.5 Å². The molecule has 1 atom stereocenters. The molecule has 0 aliphatic carbocycles. The second kappa shape index (κ2) is 7.31. The van der Waals surface area contributed by atoms with Gasteiger partial charge in [-0.05, 0) is 37.8 Å². The number of nitrogens with two attached hydrogens (primary N) is 1. The molecule has 1 aromatic carbocycles. The van der Waals surface area contributed by atoms with E-state index in [1.54, 1.807) is 0 Å². The van der Waals surface area contributed by atoms with Gasteiger partial charge in [-0.15, -0.1) is 0 Å². The van der Waals surface area contributed by atoms with Crippen LogP contribution in [0.5, 0.6) is 0 Å². The third-order valence-corrected chi connectivity index (χ3v) is 4.06. The molecule has 1 amide bonds. The van der Waals surface area contributed by atoms with Crippen LogP contribution in [-0.2, 0) is 16.0 Å². The zero-order valence-corrected chi connectivity index (χ0v) is 13.0. The van der Waals surface area contributed by atoms with Crippen LogP contribution in [0.3, 0.4) is 0 Å². The third-order valence-electron chi connectivity index (χ3n) is 4.06. The standard InChI is InChI=1S/C16H21F3N2O2/c1-16(2-4-23-5-3-16)21-15(22)8-11(20)6-10-7-13(18)14(19)9-12(10)17/h7,9,11H,2-6,8,20H2,1H3,(H,21,22). The molecule has 23 heavy (non-hydrogen) atoms. The Morgan fingerprint density at radius 1 is 1.26 bits per heavy atom. The van der Waals surface area contributed by atoms with Crippen LogP contribution in [0.1, 0.15) is 31.7 Å². The molecule has 0 saturated carbocycles. The van der Waals surface area contributed by atoms with Crippen LogP contribution in [0.2, 0.25) is 0 Å². The van der Waals surface area contributed by atoms with E-state index in [-0.39, 0.29) is 29.9 Å². The maximum Gasteiger partial charge on any atom is 0.221 e. The van der Waals surface area contributed by atoms with E-state index in [0.717, 1.165) is 6.07 Å². The SMILES string of the molecule is CC1(NC(=O)CC(N)Cc2cc(F)c(F)cc2F)CCOCC1. The second-order valence-corrected chi connectivity index (χ2v) is 6.25. The predicted molar refractivity (Wildman–Crippen MR) is 79.2 cm³/mol. The number of halogens is 3. The average Bonchev–Trinajstić information content (AvgIpc) is 2.44. The topological polar surface area (TPSA) is 64.4 Å². The molecular formula is C16H21F3N2O2. The number of ether oxygens (including phenoxy) is 1.